The van der Waals surface area contributed by atoms with Gasteiger partial charge in [0.2, 0.25) is 5.89 Å². The topological polar surface area (TPSA) is 86.2 Å². The van der Waals surface area contributed by atoms with Crippen molar-refractivity contribution in [2.75, 3.05) is 0 Å². The lowest BCUT2D eigenvalue weighted by Crippen LogP contribution is -2.15. The van der Waals surface area contributed by atoms with Crippen molar-refractivity contribution in [3.63, 3.8) is 0 Å². The van der Waals surface area contributed by atoms with Crippen LogP contribution in [0.4, 0.5) is 4.39 Å². The maximum atomic E-state index is 13.5. The van der Waals surface area contributed by atoms with Crippen molar-refractivity contribution in [2.24, 2.45) is 0 Å². The van der Waals surface area contributed by atoms with E-state index in [4.69, 9.17) is 8.94 Å². The molecule has 1 aliphatic carbocycles. The van der Waals surface area contributed by atoms with E-state index in [9.17, 15) is 14.0 Å². The minimum absolute atomic E-state index is 0.0287. The molecule has 196 valence electrons. The lowest BCUT2D eigenvalue weighted by molar-refractivity contribution is 0.0965. The Morgan fingerprint density at radius 1 is 0.949 bits per heavy atom. The van der Waals surface area contributed by atoms with Crippen molar-refractivity contribution in [1.82, 2.24) is 10.1 Å². The van der Waals surface area contributed by atoms with E-state index in [1.165, 1.54) is 12.1 Å². The van der Waals surface area contributed by atoms with Crippen LogP contribution in [0.1, 0.15) is 70.6 Å². The number of rotatable bonds is 8. The Hall–Kier alpha value is -4.39. The predicted molar refractivity (Wildman–Crippen MR) is 145 cm³/mol. The summed E-state index contributed by atoms with van der Waals surface area (Å²) in [5, 5.41) is 4.76. The monoisotopic (exact) mass is 522 g/mol. The Morgan fingerprint density at radius 3 is 2.36 bits per heavy atom. The number of carbonyl (C=O) groups is 2. The minimum Gasteiger partial charge on any atom is -0.455 e. The third-order valence-electron chi connectivity index (χ3n) is 7.62. The number of Topliss-reactive ketones (excluding diaryl/α,β-unsaturated/α-hetero) is 2. The first-order chi connectivity index (χ1) is 18.8. The second-order valence-corrected chi connectivity index (χ2v) is 10.3. The minimum atomic E-state index is -0.356. The summed E-state index contributed by atoms with van der Waals surface area (Å²) in [5.74, 6) is 1.15. The molecule has 0 radical (unpaired) electrons. The number of hydrogen-bond donors (Lipinski definition) is 0. The van der Waals surface area contributed by atoms with Gasteiger partial charge in [-0.25, -0.2) is 4.39 Å². The standard InChI is InChI=1S/C32H27FN2O4/c1-4-26(36)29-25-15-21(9-12-28(25)38-30(29)20-7-10-23(33)11-8-20)24-16-22(6-5-18(24)2)27(37)17-32(13-14-32)31-34-19(3)39-35-31/h5-12,15-16H,4,13-14,17H2,1-3H3. The molecular weight excluding hydrogens is 495 g/mol. The van der Waals surface area contributed by atoms with Gasteiger partial charge in [-0.2, -0.15) is 4.98 Å². The molecule has 0 atom stereocenters. The summed E-state index contributed by atoms with van der Waals surface area (Å²) >= 11 is 0. The largest absolute Gasteiger partial charge is 0.455 e. The Bertz CT molecular complexity index is 1740. The van der Waals surface area contributed by atoms with Crippen molar-refractivity contribution >= 4 is 22.5 Å². The highest BCUT2D eigenvalue weighted by Crippen LogP contribution is 2.50. The van der Waals surface area contributed by atoms with Crippen LogP contribution in [0, 0.1) is 19.7 Å². The fraction of sp³-hybridized carbons (Fsp3) is 0.250. The molecule has 0 unspecified atom stereocenters. The van der Waals surface area contributed by atoms with Crippen LogP contribution in [-0.2, 0) is 5.41 Å². The van der Waals surface area contributed by atoms with Crippen LogP contribution < -0.4 is 0 Å². The van der Waals surface area contributed by atoms with E-state index < -0.39 is 0 Å². The Balaban J connectivity index is 1.38. The number of carbonyl (C=O) groups excluding carboxylic acids is 2. The highest BCUT2D eigenvalue weighted by molar-refractivity contribution is 6.12. The molecule has 7 heteroatoms. The summed E-state index contributed by atoms with van der Waals surface area (Å²) in [6.07, 6.45) is 2.35. The average Bonchev–Trinajstić information content (AvgIpc) is 3.40. The number of halogens is 1. The Kier molecular flexibility index (Phi) is 6.02. The number of nitrogens with zero attached hydrogens (tertiary/aromatic N) is 2. The summed E-state index contributed by atoms with van der Waals surface area (Å²) in [4.78, 5) is 30.8. The second-order valence-electron chi connectivity index (χ2n) is 10.3. The van der Waals surface area contributed by atoms with E-state index in [2.05, 4.69) is 10.1 Å². The fourth-order valence-electron chi connectivity index (χ4n) is 5.18. The normalized spacial score (nSPS) is 14.1. The van der Waals surface area contributed by atoms with Crippen LogP contribution in [-0.4, -0.2) is 21.7 Å². The van der Waals surface area contributed by atoms with Crippen molar-refractivity contribution in [2.45, 2.75) is 51.9 Å². The zero-order chi connectivity index (χ0) is 27.3. The van der Waals surface area contributed by atoms with E-state index in [1.54, 1.807) is 26.0 Å². The zero-order valence-corrected chi connectivity index (χ0v) is 22.0. The van der Waals surface area contributed by atoms with Gasteiger partial charge in [-0.1, -0.05) is 30.3 Å². The van der Waals surface area contributed by atoms with Crippen LogP contribution in [0.3, 0.4) is 0 Å². The lowest BCUT2D eigenvalue weighted by Gasteiger charge is -2.12. The first-order valence-electron chi connectivity index (χ1n) is 13.1. The van der Waals surface area contributed by atoms with Gasteiger partial charge in [0, 0.05) is 41.7 Å². The summed E-state index contributed by atoms with van der Waals surface area (Å²) in [7, 11) is 0. The molecule has 0 bridgehead atoms. The highest BCUT2D eigenvalue weighted by Gasteiger charge is 2.49. The predicted octanol–water partition coefficient (Wildman–Crippen LogP) is 7.80. The second kappa shape index (κ2) is 9.42. The van der Waals surface area contributed by atoms with E-state index >= 15 is 0 Å². The molecule has 6 rings (SSSR count). The number of furan rings is 1. The highest BCUT2D eigenvalue weighted by atomic mass is 19.1. The molecule has 0 amide bonds. The molecule has 2 heterocycles. The first-order valence-corrected chi connectivity index (χ1v) is 13.1. The molecule has 0 spiro atoms. The maximum Gasteiger partial charge on any atom is 0.223 e. The summed E-state index contributed by atoms with van der Waals surface area (Å²) in [6.45, 7) is 5.55. The quantitative estimate of drug-likeness (QED) is 0.193. The molecule has 5 aromatic rings. The molecule has 1 fully saturated rings. The molecule has 0 aliphatic heterocycles. The number of fused-ring (bicyclic) bond motifs is 1. The summed E-state index contributed by atoms with van der Waals surface area (Å²) in [5.41, 5.74) is 4.76. The van der Waals surface area contributed by atoms with E-state index in [0.29, 0.717) is 58.0 Å². The van der Waals surface area contributed by atoms with Gasteiger partial charge in [0.25, 0.3) is 0 Å². The van der Waals surface area contributed by atoms with Gasteiger partial charge < -0.3 is 8.94 Å². The molecular formula is C32H27FN2O4. The third kappa shape index (κ3) is 4.48. The lowest BCUT2D eigenvalue weighted by atomic mass is 9.91. The average molecular weight is 523 g/mol. The number of aryl methyl sites for hydroxylation is 2. The van der Waals surface area contributed by atoms with Crippen LogP contribution in [0.15, 0.2) is 69.6 Å². The van der Waals surface area contributed by atoms with Gasteiger partial charge in [-0.15, -0.1) is 0 Å². The number of benzene rings is 3. The summed E-state index contributed by atoms with van der Waals surface area (Å²) < 4.78 is 24.8. The molecule has 0 saturated heterocycles. The molecule has 3 aromatic carbocycles. The van der Waals surface area contributed by atoms with Gasteiger partial charge in [0.05, 0.1) is 5.56 Å². The molecule has 39 heavy (non-hydrogen) atoms. The molecule has 1 saturated carbocycles. The van der Waals surface area contributed by atoms with Crippen LogP contribution >= 0.6 is 0 Å². The van der Waals surface area contributed by atoms with Crippen molar-refractivity contribution in [1.29, 1.82) is 0 Å². The van der Waals surface area contributed by atoms with Crippen LogP contribution in [0.25, 0.3) is 33.4 Å². The summed E-state index contributed by atoms with van der Waals surface area (Å²) in [6, 6.07) is 17.4. The SMILES string of the molecule is CCC(=O)c1c(-c2ccc(F)cc2)oc2ccc(-c3cc(C(=O)CC4(c5noc(C)n5)CC4)ccc3C)cc12. The fourth-order valence-corrected chi connectivity index (χ4v) is 5.18. The number of ketones is 2. The first kappa shape index (κ1) is 24.9. The van der Waals surface area contributed by atoms with E-state index in [0.717, 1.165) is 29.5 Å². The third-order valence-corrected chi connectivity index (χ3v) is 7.62. The molecule has 0 N–H and O–H groups in total. The molecule has 2 aromatic heterocycles. The van der Waals surface area contributed by atoms with Crippen LogP contribution in [0.2, 0.25) is 0 Å². The van der Waals surface area contributed by atoms with Crippen LogP contribution in [0.5, 0.6) is 0 Å². The smallest absolute Gasteiger partial charge is 0.223 e. The number of hydrogen-bond acceptors (Lipinski definition) is 6. The van der Waals surface area contributed by atoms with E-state index in [-0.39, 0.29) is 22.8 Å². The van der Waals surface area contributed by atoms with Gasteiger partial charge in [-0.3, -0.25) is 9.59 Å². The van der Waals surface area contributed by atoms with Gasteiger partial charge in [0.1, 0.15) is 17.2 Å². The van der Waals surface area contributed by atoms with Crippen molar-refractivity contribution in [3.8, 4) is 22.5 Å². The molecule has 6 nitrogen and oxygen atoms in total. The Morgan fingerprint density at radius 2 is 1.69 bits per heavy atom. The molecule has 1 aliphatic rings. The van der Waals surface area contributed by atoms with Gasteiger partial charge >= 0.3 is 0 Å². The van der Waals surface area contributed by atoms with Crippen molar-refractivity contribution in [3.05, 3.63) is 94.9 Å². The zero-order valence-electron chi connectivity index (χ0n) is 22.0. The number of aromatic nitrogens is 2. The van der Waals surface area contributed by atoms with E-state index in [1.807, 2.05) is 43.3 Å². The van der Waals surface area contributed by atoms with Gasteiger partial charge in [-0.05, 0) is 78.9 Å². The Labute approximate surface area is 224 Å². The van der Waals surface area contributed by atoms with Gasteiger partial charge in [0.15, 0.2) is 17.4 Å². The maximum absolute atomic E-state index is 13.5. The van der Waals surface area contributed by atoms with Crippen molar-refractivity contribution < 1.29 is 22.9 Å².